The number of aromatic nitrogens is 3. The van der Waals surface area contributed by atoms with Crippen molar-refractivity contribution < 1.29 is 9.72 Å². The molecule has 2 heterocycles. The summed E-state index contributed by atoms with van der Waals surface area (Å²) >= 11 is 3.04. The van der Waals surface area contributed by atoms with Gasteiger partial charge in [-0.05, 0) is 9.91 Å². The molecule has 10 heteroatoms. The van der Waals surface area contributed by atoms with Gasteiger partial charge < -0.3 is 20.3 Å². The van der Waals surface area contributed by atoms with Gasteiger partial charge in [-0.25, -0.2) is 0 Å². The maximum atomic E-state index is 11.9. The summed E-state index contributed by atoms with van der Waals surface area (Å²) in [5.41, 5.74) is 0. The van der Waals surface area contributed by atoms with Crippen LogP contribution in [0.25, 0.3) is 0 Å². The van der Waals surface area contributed by atoms with Crippen LogP contribution in [0.5, 0.6) is 0 Å². The number of nitrogens with zero attached hydrogens (tertiary/aromatic N) is 5. The van der Waals surface area contributed by atoms with Crippen molar-refractivity contribution in [3.8, 4) is 0 Å². The molecule has 1 saturated heterocycles. The molecule has 9 nitrogen and oxygen atoms in total. The lowest BCUT2D eigenvalue weighted by Crippen LogP contribution is -2.47. The van der Waals surface area contributed by atoms with Crippen LogP contribution in [-0.4, -0.2) is 56.7 Å². The number of piperazine rings is 1. The molecule has 1 aromatic heterocycles. The Hall–Kier alpha value is -1.55. The number of carbonyl (C=O) groups excluding carboxylic acids is 1. The molecule has 0 bridgehead atoms. The summed E-state index contributed by atoms with van der Waals surface area (Å²) in [6.07, 6.45) is 0. The van der Waals surface area contributed by atoms with Crippen molar-refractivity contribution >= 4 is 27.8 Å². The second-order valence-electron chi connectivity index (χ2n) is 3.73. The fraction of sp³-hybridized carbons (Fsp3) is 0.625. The Balaban J connectivity index is 2.04. The Labute approximate surface area is 110 Å². The van der Waals surface area contributed by atoms with Gasteiger partial charge in [-0.3, -0.25) is 4.79 Å². The van der Waals surface area contributed by atoms with Gasteiger partial charge in [0.25, 0.3) is 4.73 Å². The molecule has 0 aromatic carbocycles. The topological polar surface area (TPSA) is 106 Å². The highest BCUT2D eigenvalue weighted by Gasteiger charge is 2.24. The van der Waals surface area contributed by atoms with Gasteiger partial charge in [-0.15, -0.1) is 0 Å². The number of hydrogen-bond acceptors (Lipinski definition) is 6. The first-order valence-corrected chi connectivity index (χ1v) is 6.10. The van der Waals surface area contributed by atoms with Gasteiger partial charge in [0.05, 0.1) is 0 Å². The van der Waals surface area contributed by atoms with Gasteiger partial charge in [-0.2, -0.15) is 4.68 Å². The van der Waals surface area contributed by atoms with Crippen molar-refractivity contribution in [2.45, 2.75) is 6.54 Å². The van der Waals surface area contributed by atoms with Crippen LogP contribution >= 0.6 is 15.9 Å². The molecule has 1 N–H and O–H groups in total. The van der Waals surface area contributed by atoms with E-state index in [2.05, 4.69) is 31.3 Å². The molecule has 0 aliphatic carbocycles. The third kappa shape index (κ3) is 2.82. The van der Waals surface area contributed by atoms with Crippen LogP contribution in [0.2, 0.25) is 0 Å². The molecule has 1 amide bonds. The van der Waals surface area contributed by atoms with Gasteiger partial charge in [0, 0.05) is 47.2 Å². The highest BCUT2D eigenvalue weighted by Crippen LogP contribution is 2.12. The van der Waals surface area contributed by atoms with Crippen LogP contribution in [0, 0.1) is 10.1 Å². The van der Waals surface area contributed by atoms with Crippen molar-refractivity contribution in [2.75, 3.05) is 26.2 Å². The van der Waals surface area contributed by atoms with Crippen LogP contribution in [0.4, 0.5) is 5.95 Å². The Kier molecular flexibility index (Phi) is 3.87. The standard InChI is InChI=1S/C8H11BrN6O3/c9-7-11-8(15(17)18)12-14(7)5-6(16)13-3-1-10-2-4-13/h10H,1-5H2. The largest absolute Gasteiger partial charge is 0.492 e. The molecule has 0 atom stereocenters. The number of nitro groups is 1. The Morgan fingerprint density at radius 3 is 2.72 bits per heavy atom. The van der Waals surface area contributed by atoms with Gasteiger partial charge in [0.2, 0.25) is 5.91 Å². The molecular weight excluding hydrogens is 308 g/mol. The van der Waals surface area contributed by atoms with E-state index in [0.29, 0.717) is 13.1 Å². The van der Waals surface area contributed by atoms with Crippen molar-refractivity contribution in [3.05, 3.63) is 14.8 Å². The summed E-state index contributed by atoms with van der Waals surface area (Å²) in [7, 11) is 0. The predicted molar refractivity (Wildman–Crippen MR) is 63.8 cm³/mol. The summed E-state index contributed by atoms with van der Waals surface area (Å²) in [6.45, 7) is 2.72. The van der Waals surface area contributed by atoms with Crippen LogP contribution in [0.1, 0.15) is 0 Å². The molecule has 1 aliphatic rings. The number of rotatable bonds is 3. The molecule has 0 unspecified atom stereocenters. The van der Waals surface area contributed by atoms with E-state index >= 15 is 0 Å². The third-order valence-electron chi connectivity index (χ3n) is 2.53. The highest BCUT2D eigenvalue weighted by atomic mass is 79.9. The summed E-state index contributed by atoms with van der Waals surface area (Å²) in [6, 6.07) is 0. The molecule has 1 aliphatic heterocycles. The first kappa shape index (κ1) is 12.9. The van der Waals surface area contributed by atoms with Crippen LogP contribution in [0.3, 0.4) is 0 Å². The summed E-state index contributed by atoms with van der Waals surface area (Å²) in [5.74, 6) is -0.646. The second kappa shape index (κ2) is 5.40. The molecule has 98 valence electrons. The molecular formula is C8H11BrN6O3. The van der Waals surface area contributed by atoms with E-state index in [1.807, 2.05) is 0 Å². The van der Waals surface area contributed by atoms with E-state index in [4.69, 9.17) is 0 Å². The first-order chi connectivity index (χ1) is 8.58. The van der Waals surface area contributed by atoms with Crippen LogP contribution in [-0.2, 0) is 11.3 Å². The zero-order valence-electron chi connectivity index (χ0n) is 9.37. The first-order valence-electron chi connectivity index (χ1n) is 5.31. The monoisotopic (exact) mass is 318 g/mol. The van der Waals surface area contributed by atoms with Gasteiger partial charge in [0.1, 0.15) is 6.54 Å². The number of amides is 1. The number of hydrogen-bond donors (Lipinski definition) is 1. The molecule has 1 fully saturated rings. The lowest BCUT2D eigenvalue weighted by Gasteiger charge is -2.26. The van der Waals surface area contributed by atoms with E-state index in [0.717, 1.165) is 13.1 Å². The molecule has 0 saturated carbocycles. The average molecular weight is 319 g/mol. The van der Waals surface area contributed by atoms with Crippen molar-refractivity contribution in [1.29, 1.82) is 0 Å². The quantitative estimate of drug-likeness (QED) is 0.588. The minimum Gasteiger partial charge on any atom is -0.390 e. The Morgan fingerprint density at radius 1 is 1.50 bits per heavy atom. The van der Waals surface area contributed by atoms with E-state index < -0.39 is 10.9 Å². The van der Waals surface area contributed by atoms with E-state index in [1.165, 1.54) is 4.68 Å². The summed E-state index contributed by atoms with van der Waals surface area (Å²) in [4.78, 5) is 27.0. The van der Waals surface area contributed by atoms with Crippen molar-refractivity contribution in [1.82, 2.24) is 25.0 Å². The zero-order valence-corrected chi connectivity index (χ0v) is 11.0. The molecule has 1 aromatic rings. The normalized spacial score (nSPS) is 15.7. The van der Waals surface area contributed by atoms with E-state index in [-0.39, 0.29) is 17.2 Å². The molecule has 2 rings (SSSR count). The van der Waals surface area contributed by atoms with E-state index in [9.17, 15) is 14.9 Å². The lowest BCUT2D eigenvalue weighted by atomic mass is 10.3. The summed E-state index contributed by atoms with van der Waals surface area (Å²) < 4.78 is 1.36. The van der Waals surface area contributed by atoms with Crippen LogP contribution in [0.15, 0.2) is 4.73 Å². The molecule has 0 spiro atoms. The SMILES string of the molecule is O=C(Cn1nc([N+](=O)[O-])nc1Br)N1CCNCC1. The smallest absolute Gasteiger partial charge is 0.390 e. The Morgan fingerprint density at radius 2 is 2.17 bits per heavy atom. The average Bonchev–Trinajstić information content (AvgIpc) is 2.72. The highest BCUT2D eigenvalue weighted by molar-refractivity contribution is 9.10. The van der Waals surface area contributed by atoms with Gasteiger partial charge in [0.15, 0.2) is 0 Å². The maximum Gasteiger partial charge on any atom is 0.492 e. The maximum absolute atomic E-state index is 11.9. The number of carbonyl (C=O) groups is 1. The lowest BCUT2D eigenvalue weighted by molar-refractivity contribution is -0.394. The van der Waals surface area contributed by atoms with Gasteiger partial charge in [-0.1, -0.05) is 0 Å². The fourth-order valence-electron chi connectivity index (χ4n) is 1.63. The van der Waals surface area contributed by atoms with Crippen molar-refractivity contribution in [3.63, 3.8) is 0 Å². The zero-order chi connectivity index (χ0) is 13.1. The number of nitrogens with one attached hydrogen (secondary N) is 1. The summed E-state index contributed by atoms with van der Waals surface area (Å²) in [5, 5.41) is 17.3. The second-order valence-corrected chi connectivity index (χ2v) is 4.44. The fourth-order valence-corrected chi connectivity index (χ4v) is 2.00. The van der Waals surface area contributed by atoms with Crippen LogP contribution < -0.4 is 5.32 Å². The number of halogens is 1. The Bertz CT molecular complexity index is 469. The minimum absolute atomic E-state index is 0.0541. The molecule has 18 heavy (non-hydrogen) atoms. The minimum atomic E-state index is -0.698. The molecule has 0 radical (unpaired) electrons. The van der Waals surface area contributed by atoms with Gasteiger partial charge >= 0.3 is 5.95 Å². The predicted octanol–water partition coefficient (Wildman–Crippen LogP) is -0.619. The third-order valence-corrected chi connectivity index (χ3v) is 3.12. The van der Waals surface area contributed by atoms with E-state index in [1.54, 1.807) is 4.90 Å². The van der Waals surface area contributed by atoms with Crippen molar-refractivity contribution in [2.24, 2.45) is 0 Å².